The van der Waals surface area contributed by atoms with Crippen molar-refractivity contribution in [3.8, 4) is 0 Å². The van der Waals surface area contributed by atoms with E-state index in [2.05, 4.69) is 25.6 Å². The highest BCUT2D eigenvalue weighted by Crippen LogP contribution is 2.28. The van der Waals surface area contributed by atoms with Crippen LogP contribution in [-0.4, -0.2) is 33.6 Å². The van der Waals surface area contributed by atoms with Crippen LogP contribution in [0, 0.1) is 6.92 Å². The van der Waals surface area contributed by atoms with Crippen LogP contribution >= 0.6 is 11.8 Å². The second kappa shape index (κ2) is 5.69. The predicted molar refractivity (Wildman–Crippen MR) is 82.7 cm³/mol. The van der Waals surface area contributed by atoms with E-state index < -0.39 is 0 Å². The van der Waals surface area contributed by atoms with E-state index in [0.29, 0.717) is 17.6 Å². The average molecular weight is 301 g/mol. The number of anilines is 1. The fraction of sp³-hybridized carbons (Fsp3) is 0.286. The molecule has 0 amide bonds. The van der Waals surface area contributed by atoms with Crippen molar-refractivity contribution in [2.75, 3.05) is 18.6 Å². The topological polar surface area (TPSA) is 76.7 Å². The molecule has 3 aromatic heterocycles. The molecule has 1 N–H and O–H groups in total. The maximum absolute atomic E-state index is 4.78. The standard InChI is InChI=1S/C14H15N5OS/c1-8-10(7-9-5-4-6-11(17-9)21-3)12(15-2)13-14(16-8)19-20-18-13/h4-6,15H,7H2,1-3H3. The van der Waals surface area contributed by atoms with Gasteiger partial charge in [0.05, 0.1) is 10.7 Å². The van der Waals surface area contributed by atoms with Gasteiger partial charge in [0.1, 0.15) is 0 Å². The van der Waals surface area contributed by atoms with Crippen LogP contribution in [0.1, 0.15) is 17.0 Å². The molecule has 0 unspecified atom stereocenters. The Hall–Kier alpha value is -2.15. The first-order valence-electron chi connectivity index (χ1n) is 6.52. The van der Waals surface area contributed by atoms with E-state index in [1.165, 1.54) is 0 Å². The fourth-order valence-electron chi connectivity index (χ4n) is 2.30. The van der Waals surface area contributed by atoms with Gasteiger partial charge >= 0.3 is 0 Å². The van der Waals surface area contributed by atoms with E-state index in [4.69, 9.17) is 4.63 Å². The van der Waals surface area contributed by atoms with Crippen molar-refractivity contribution in [3.05, 3.63) is 35.2 Å². The Morgan fingerprint density at radius 2 is 2.10 bits per heavy atom. The highest BCUT2D eigenvalue weighted by molar-refractivity contribution is 7.98. The first-order valence-corrected chi connectivity index (χ1v) is 7.75. The Bertz CT molecular complexity index is 786. The molecule has 0 radical (unpaired) electrons. The molecule has 6 nitrogen and oxygen atoms in total. The van der Waals surface area contributed by atoms with Crippen LogP contribution in [0.25, 0.3) is 11.2 Å². The molecule has 3 rings (SSSR count). The third kappa shape index (κ3) is 2.56. The molecular formula is C14H15N5OS. The summed E-state index contributed by atoms with van der Waals surface area (Å²) in [5.74, 6) is 0. The van der Waals surface area contributed by atoms with Crippen LogP contribution in [0.2, 0.25) is 0 Å². The van der Waals surface area contributed by atoms with Crippen LogP contribution in [0.15, 0.2) is 27.9 Å². The Balaban J connectivity index is 2.08. The van der Waals surface area contributed by atoms with Gasteiger partial charge in [-0.15, -0.1) is 11.8 Å². The van der Waals surface area contributed by atoms with Crippen LogP contribution < -0.4 is 5.32 Å². The van der Waals surface area contributed by atoms with Gasteiger partial charge in [-0.2, -0.15) is 0 Å². The minimum Gasteiger partial charge on any atom is -0.386 e. The molecule has 0 fully saturated rings. The number of aryl methyl sites for hydroxylation is 1. The minimum absolute atomic E-state index is 0.520. The van der Waals surface area contributed by atoms with E-state index in [-0.39, 0.29) is 0 Å². The molecule has 0 spiro atoms. The van der Waals surface area contributed by atoms with E-state index in [9.17, 15) is 0 Å². The molecule has 0 atom stereocenters. The number of fused-ring (bicyclic) bond motifs is 1. The third-order valence-corrected chi connectivity index (χ3v) is 3.96. The Labute approximate surface area is 126 Å². The third-order valence-electron chi connectivity index (χ3n) is 3.32. The number of hydrogen-bond donors (Lipinski definition) is 1. The quantitative estimate of drug-likeness (QED) is 0.742. The summed E-state index contributed by atoms with van der Waals surface area (Å²) < 4.78 is 4.78. The summed E-state index contributed by atoms with van der Waals surface area (Å²) in [7, 11) is 1.86. The van der Waals surface area contributed by atoms with Crippen molar-refractivity contribution < 1.29 is 4.63 Å². The van der Waals surface area contributed by atoms with Gasteiger partial charge in [0.2, 0.25) is 5.65 Å². The fourth-order valence-corrected chi connectivity index (χ4v) is 2.72. The number of hydrogen-bond acceptors (Lipinski definition) is 7. The SMILES string of the molecule is CNc1c(Cc2cccc(SC)n2)c(C)nc2nonc12. The monoisotopic (exact) mass is 301 g/mol. The van der Waals surface area contributed by atoms with Crippen molar-refractivity contribution in [2.24, 2.45) is 0 Å². The second-order valence-electron chi connectivity index (χ2n) is 4.59. The van der Waals surface area contributed by atoms with Gasteiger partial charge in [-0.05, 0) is 35.6 Å². The molecule has 0 saturated carbocycles. The molecular weight excluding hydrogens is 286 g/mol. The molecule has 0 aromatic carbocycles. The molecule has 7 heteroatoms. The number of thioether (sulfide) groups is 1. The summed E-state index contributed by atoms with van der Waals surface area (Å²) in [4.78, 5) is 9.06. The van der Waals surface area contributed by atoms with Gasteiger partial charge in [0.15, 0.2) is 5.52 Å². The maximum Gasteiger partial charge on any atom is 0.226 e. The molecule has 3 heterocycles. The summed E-state index contributed by atoms with van der Waals surface area (Å²) in [6.07, 6.45) is 2.71. The molecule has 108 valence electrons. The van der Waals surface area contributed by atoms with Crippen LogP contribution in [0.3, 0.4) is 0 Å². The molecule has 0 saturated heterocycles. The average Bonchev–Trinajstić information content (AvgIpc) is 2.96. The highest BCUT2D eigenvalue weighted by Gasteiger charge is 2.16. The van der Waals surface area contributed by atoms with E-state index in [1.807, 2.05) is 38.4 Å². The molecule has 21 heavy (non-hydrogen) atoms. The smallest absolute Gasteiger partial charge is 0.226 e. The molecule has 0 aliphatic heterocycles. The highest BCUT2D eigenvalue weighted by atomic mass is 32.2. The minimum atomic E-state index is 0.520. The predicted octanol–water partition coefficient (Wildman–Crippen LogP) is 2.68. The largest absolute Gasteiger partial charge is 0.386 e. The summed E-state index contributed by atoms with van der Waals surface area (Å²) >= 11 is 1.63. The van der Waals surface area contributed by atoms with Crippen molar-refractivity contribution in [1.82, 2.24) is 20.3 Å². The number of nitrogens with zero attached hydrogens (tertiary/aromatic N) is 4. The number of aromatic nitrogens is 4. The number of pyridine rings is 2. The Morgan fingerprint density at radius 3 is 2.86 bits per heavy atom. The summed E-state index contributed by atoms with van der Waals surface area (Å²) in [5, 5.41) is 11.9. The van der Waals surface area contributed by atoms with E-state index in [0.717, 1.165) is 27.7 Å². The zero-order valence-corrected chi connectivity index (χ0v) is 12.9. The van der Waals surface area contributed by atoms with E-state index in [1.54, 1.807) is 11.8 Å². The normalized spacial score (nSPS) is 11.0. The summed E-state index contributed by atoms with van der Waals surface area (Å²) in [6, 6.07) is 6.04. The summed E-state index contributed by atoms with van der Waals surface area (Å²) in [6.45, 7) is 1.96. The van der Waals surface area contributed by atoms with Crippen molar-refractivity contribution in [3.63, 3.8) is 0 Å². The van der Waals surface area contributed by atoms with E-state index >= 15 is 0 Å². The lowest BCUT2D eigenvalue weighted by atomic mass is 10.0. The lowest BCUT2D eigenvalue weighted by molar-refractivity contribution is 0.315. The molecule has 0 aliphatic rings. The first-order chi connectivity index (χ1) is 10.2. The Kier molecular flexibility index (Phi) is 3.74. The van der Waals surface area contributed by atoms with Gasteiger partial charge in [-0.1, -0.05) is 6.07 Å². The van der Waals surface area contributed by atoms with Gasteiger partial charge < -0.3 is 5.32 Å². The molecule has 0 bridgehead atoms. The van der Waals surface area contributed by atoms with Gasteiger partial charge in [-0.3, -0.25) is 0 Å². The summed E-state index contributed by atoms with van der Waals surface area (Å²) in [5.41, 5.74) is 5.03. The zero-order chi connectivity index (χ0) is 14.8. The van der Waals surface area contributed by atoms with Gasteiger partial charge in [0, 0.05) is 30.4 Å². The van der Waals surface area contributed by atoms with Crippen LogP contribution in [0.4, 0.5) is 5.69 Å². The van der Waals surface area contributed by atoms with Gasteiger partial charge in [-0.25, -0.2) is 14.6 Å². The first kappa shape index (κ1) is 13.8. The number of rotatable bonds is 4. The van der Waals surface area contributed by atoms with Gasteiger partial charge in [0.25, 0.3) is 0 Å². The van der Waals surface area contributed by atoms with Crippen molar-refractivity contribution in [1.29, 1.82) is 0 Å². The van der Waals surface area contributed by atoms with Crippen LogP contribution in [0.5, 0.6) is 0 Å². The molecule has 3 aromatic rings. The van der Waals surface area contributed by atoms with Crippen molar-refractivity contribution in [2.45, 2.75) is 18.4 Å². The molecule has 0 aliphatic carbocycles. The lowest BCUT2D eigenvalue weighted by Crippen LogP contribution is -2.04. The number of nitrogens with one attached hydrogen (secondary N) is 1. The van der Waals surface area contributed by atoms with Crippen molar-refractivity contribution >= 4 is 28.6 Å². The lowest BCUT2D eigenvalue weighted by Gasteiger charge is -2.11. The zero-order valence-electron chi connectivity index (χ0n) is 12.0. The maximum atomic E-state index is 4.78. The Morgan fingerprint density at radius 1 is 1.24 bits per heavy atom. The second-order valence-corrected chi connectivity index (χ2v) is 5.41. The van der Waals surface area contributed by atoms with Crippen LogP contribution in [-0.2, 0) is 6.42 Å².